The van der Waals surface area contributed by atoms with Gasteiger partial charge in [-0.1, -0.05) is 0 Å². The van der Waals surface area contributed by atoms with Crippen molar-refractivity contribution >= 4 is 47.5 Å². The number of pyridine rings is 1. The summed E-state index contributed by atoms with van der Waals surface area (Å²) >= 11 is -0.606. The summed E-state index contributed by atoms with van der Waals surface area (Å²) < 4.78 is 1.13. The number of aromatic nitrogens is 1. The fourth-order valence-corrected chi connectivity index (χ4v) is 3.80. The van der Waals surface area contributed by atoms with Gasteiger partial charge in [0.15, 0.2) is 0 Å². The van der Waals surface area contributed by atoms with Crippen molar-refractivity contribution in [1.29, 1.82) is 0 Å². The fraction of sp³-hybridized carbons (Fsp3) is 0. The molecule has 0 fully saturated rings. The van der Waals surface area contributed by atoms with Gasteiger partial charge in [0.25, 0.3) is 0 Å². The summed E-state index contributed by atoms with van der Waals surface area (Å²) in [5.41, 5.74) is 1.04. The molecule has 24 heavy (non-hydrogen) atoms. The molecule has 0 atom stereocenters. The van der Waals surface area contributed by atoms with Gasteiger partial charge in [-0.25, -0.2) is 0 Å². The first kappa shape index (κ1) is 16.2. The van der Waals surface area contributed by atoms with E-state index in [-0.39, 0.29) is 10.1 Å². The average Bonchev–Trinajstić information content (AvgIpc) is 2.60. The molecule has 0 aliphatic rings. The predicted octanol–water partition coefficient (Wildman–Crippen LogP) is 2.50. The van der Waals surface area contributed by atoms with Crippen molar-refractivity contribution in [2.75, 3.05) is 0 Å². The summed E-state index contributed by atoms with van der Waals surface area (Å²) in [5, 5.41) is 11.0. The predicted molar refractivity (Wildman–Crippen MR) is 94.6 cm³/mol. The third-order valence-corrected chi connectivity index (χ3v) is 5.34. The number of allylic oxidation sites excluding steroid dienone is 1. The van der Waals surface area contributed by atoms with Crippen molar-refractivity contribution in [2.45, 2.75) is 0 Å². The van der Waals surface area contributed by atoms with E-state index in [1.807, 2.05) is 24.3 Å². The number of rotatable bonds is 5. The molecular formula is C19H13AsNO3. The number of aromatic carboxylic acids is 1. The van der Waals surface area contributed by atoms with Gasteiger partial charge in [0.2, 0.25) is 0 Å². The number of carboxylic acid groups (broad SMARTS) is 1. The molecule has 1 heterocycles. The number of carbonyl (C=O) groups excluding carboxylic acids is 1. The number of carbonyl (C=O) groups is 2. The summed E-state index contributed by atoms with van der Waals surface area (Å²) in [6, 6.07) is 14.3. The third-order valence-electron chi connectivity index (χ3n) is 3.44. The van der Waals surface area contributed by atoms with Gasteiger partial charge in [-0.2, -0.15) is 0 Å². The monoisotopic (exact) mass is 378 g/mol. The van der Waals surface area contributed by atoms with Crippen LogP contribution in [0.1, 0.15) is 15.9 Å². The molecule has 1 N–H and O–H groups in total. The van der Waals surface area contributed by atoms with Crippen molar-refractivity contribution in [2.24, 2.45) is 0 Å². The number of carboxylic acids is 1. The van der Waals surface area contributed by atoms with Gasteiger partial charge in [-0.05, 0) is 0 Å². The van der Waals surface area contributed by atoms with Crippen LogP contribution < -0.4 is 4.35 Å². The summed E-state index contributed by atoms with van der Waals surface area (Å²) in [6.45, 7) is 0. The van der Waals surface area contributed by atoms with Gasteiger partial charge >= 0.3 is 145 Å². The topological polar surface area (TPSA) is 67.3 Å². The van der Waals surface area contributed by atoms with E-state index in [1.165, 1.54) is 12.1 Å². The molecule has 0 saturated heterocycles. The van der Waals surface area contributed by atoms with Crippen LogP contribution in [0, 0.1) is 0 Å². The van der Waals surface area contributed by atoms with Gasteiger partial charge in [0.1, 0.15) is 0 Å². The molecule has 3 aromatic rings. The Balaban J connectivity index is 1.68. The van der Waals surface area contributed by atoms with E-state index in [0.29, 0.717) is 0 Å². The van der Waals surface area contributed by atoms with Gasteiger partial charge in [-0.3, -0.25) is 0 Å². The first-order valence-corrected chi connectivity index (χ1v) is 9.10. The Morgan fingerprint density at radius 1 is 1.00 bits per heavy atom. The molecule has 0 amide bonds. The zero-order chi connectivity index (χ0) is 16.9. The molecular weight excluding hydrogens is 365 g/mol. The third kappa shape index (κ3) is 3.97. The standard InChI is InChI=1S/C19H13AsNO3/c22-18(8-3-13-1-4-14(5-2-13)19(23)24)20-17-7-6-16-12-21-10-9-15(16)11-17/h1-12H,(H,23,24). The van der Waals surface area contributed by atoms with Crippen LogP contribution in [0.3, 0.4) is 0 Å². The maximum atomic E-state index is 12.1. The second-order valence-electron chi connectivity index (χ2n) is 5.12. The van der Waals surface area contributed by atoms with Crippen LogP contribution in [0.5, 0.6) is 0 Å². The van der Waals surface area contributed by atoms with E-state index in [2.05, 4.69) is 4.98 Å². The molecule has 0 spiro atoms. The Morgan fingerprint density at radius 3 is 2.54 bits per heavy atom. The molecule has 117 valence electrons. The maximum absolute atomic E-state index is 12.1. The van der Waals surface area contributed by atoms with E-state index in [1.54, 1.807) is 36.7 Å². The number of hydrogen-bond donors (Lipinski definition) is 1. The van der Waals surface area contributed by atoms with Crippen LogP contribution in [-0.2, 0) is 4.79 Å². The van der Waals surface area contributed by atoms with E-state index in [4.69, 9.17) is 5.11 Å². The second kappa shape index (κ2) is 7.24. The van der Waals surface area contributed by atoms with Gasteiger partial charge < -0.3 is 0 Å². The normalized spacial score (nSPS) is 11.5. The molecule has 0 saturated carbocycles. The van der Waals surface area contributed by atoms with Crippen LogP contribution in [0.4, 0.5) is 0 Å². The Labute approximate surface area is 145 Å². The van der Waals surface area contributed by atoms with Crippen LogP contribution in [0.2, 0.25) is 0 Å². The zero-order valence-corrected chi connectivity index (χ0v) is 14.5. The van der Waals surface area contributed by atoms with Crippen molar-refractivity contribution in [3.63, 3.8) is 0 Å². The minimum atomic E-state index is -0.960. The summed E-state index contributed by atoms with van der Waals surface area (Å²) in [7, 11) is 0. The molecule has 0 aliphatic heterocycles. The number of fused-ring (bicyclic) bond motifs is 1. The molecule has 4 nitrogen and oxygen atoms in total. The van der Waals surface area contributed by atoms with Crippen molar-refractivity contribution in [3.05, 3.63) is 78.1 Å². The quantitative estimate of drug-likeness (QED) is 0.547. The van der Waals surface area contributed by atoms with E-state index >= 15 is 0 Å². The first-order chi connectivity index (χ1) is 11.6. The molecule has 0 bridgehead atoms. The van der Waals surface area contributed by atoms with Crippen molar-refractivity contribution in [1.82, 2.24) is 4.98 Å². The minimum absolute atomic E-state index is 0.0852. The van der Waals surface area contributed by atoms with E-state index in [9.17, 15) is 9.59 Å². The molecule has 1 radical (unpaired) electrons. The Hall–Kier alpha value is -2.71. The van der Waals surface area contributed by atoms with Crippen LogP contribution >= 0.6 is 0 Å². The molecule has 5 heteroatoms. The SMILES string of the molecule is O=C(C=Cc1ccc(C(=O)O)cc1)[As]c1ccc2cnccc2c1. The first-order valence-electron chi connectivity index (χ1n) is 7.23. The summed E-state index contributed by atoms with van der Waals surface area (Å²) in [5.74, 6) is -0.960. The van der Waals surface area contributed by atoms with Crippen LogP contribution in [0.15, 0.2) is 67.0 Å². The van der Waals surface area contributed by atoms with E-state index in [0.717, 1.165) is 20.7 Å². The number of hydrogen-bond acceptors (Lipinski definition) is 3. The van der Waals surface area contributed by atoms with Gasteiger partial charge in [0.05, 0.1) is 0 Å². The molecule has 2 aromatic carbocycles. The van der Waals surface area contributed by atoms with Crippen molar-refractivity contribution < 1.29 is 14.7 Å². The zero-order valence-electron chi connectivity index (χ0n) is 12.6. The fourth-order valence-electron chi connectivity index (χ4n) is 2.21. The molecule has 3 rings (SSSR count). The summed E-state index contributed by atoms with van der Waals surface area (Å²) in [6.07, 6.45) is 6.82. The van der Waals surface area contributed by atoms with Gasteiger partial charge in [0, 0.05) is 0 Å². The Bertz CT molecular complexity index is 933. The second-order valence-corrected chi connectivity index (χ2v) is 7.60. The van der Waals surface area contributed by atoms with Crippen LogP contribution in [-0.4, -0.2) is 36.4 Å². The summed E-state index contributed by atoms with van der Waals surface area (Å²) in [4.78, 5) is 27.0. The molecule has 0 unspecified atom stereocenters. The molecule has 0 aliphatic carbocycles. The Kier molecular flexibility index (Phi) is 4.87. The van der Waals surface area contributed by atoms with E-state index < -0.39 is 21.7 Å². The van der Waals surface area contributed by atoms with Crippen molar-refractivity contribution in [3.8, 4) is 0 Å². The van der Waals surface area contributed by atoms with Crippen LogP contribution in [0.25, 0.3) is 16.8 Å². The van der Waals surface area contributed by atoms with Gasteiger partial charge in [-0.15, -0.1) is 0 Å². The Morgan fingerprint density at radius 2 is 1.79 bits per heavy atom. The number of benzene rings is 2. The average molecular weight is 378 g/mol. The number of nitrogens with zero attached hydrogens (tertiary/aromatic N) is 1. The molecule has 1 aromatic heterocycles.